The number of rotatable bonds is 5. The summed E-state index contributed by atoms with van der Waals surface area (Å²) in [6.45, 7) is 8.66. The van der Waals surface area contributed by atoms with E-state index in [0.717, 1.165) is 18.9 Å². The molecule has 0 spiro atoms. The minimum atomic E-state index is 0.521. The Morgan fingerprint density at radius 2 is 2.28 bits per heavy atom. The number of nitrogens with zero attached hydrogens (tertiary/aromatic N) is 2. The van der Waals surface area contributed by atoms with Crippen molar-refractivity contribution in [2.24, 2.45) is 0 Å². The van der Waals surface area contributed by atoms with E-state index in [4.69, 9.17) is 0 Å². The lowest BCUT2D eigenvalue weighted by Gasteiger charge is -2.24. The zero-order chi connectivity index (χ0) is 13.0. The van der Waals surface area contributed by atoms with Gasteiger partial charge in [0.1, 0.15) is 5.82 Å². The molecule has 1 aliphatic rings. The number of nitrogens with one attached hydrogen (secondary N) is 1. The smallest absolute Gasteiger partial charge is 0.128 e. The molecule has 1 aromatic heterocycles. The Morgan fingerprint density at radius 3 is 2.89 bits per heavy atom. The number of aromatic nitrogens is 1. The standard InChI is InChI=1S/C15H25N3/c1-4-14-6-5-9-18(14)15-8-7-13(11-17-15)10-16-12(2)3/h7-8,11-12,14,16H,4-6,9-10H2,1-3H3. The predicted molar refractivity (Wildman–Crippen MR) is 76.9 cm³/mol. The molecule has 0 amide bonds. The summed E-state index contributed by atoms with van der Waals surface area (Å²) in [5.41, 5.74) is 1.26. The van der Waals surface area contributed by atoms with Gasteiger partial charge in [0.15, 0.2) is 0 Å². The maximum atomic E-state index is 4.62. The first kappa shape index (κ1) is 13.3. The van der Waals surface area contributed by atoms with Crippen LogP contribution in [0.4, 0.5) is 5.82 Å². The first-order valence-electron chi connectivity index (χ1n) is 7.15. The quantitative estimate of drug-likeness (QED) is 0.867. The normalized spacial score (nSPS) is 19.8. The predicted octanol–water partition coefficient (Wildman–Crippen LogP) is 2.96. The summed E-state index contributed by atoms with van der Waals surface area (Å²) in [5.74, 6) is 1.15. The maximum absolute atomic E-state index is 4.62. The SMILES string of the molecule is CCC1CCCN1c1ccc(CNC(C)C)cn1. The van der Waals surface area contributed by atoms with Gasteiger partial charge in [-0.3, -0.25) is 0 Å². The van der Waals surface area contributed by atoms with Gasteiger partial charge in [-0.15, -0.1) is 0 Å². The van der Waals surface area contributed by atoms with Crippen molar-refractivity contribution in [1.82, 2.24) is 10.3 Å². The Labute approximate surface area is 111 Å². The number of pyridine rings is 1. The Balaban J connectivity index is 1.98. The lowest BCUT2D eigenvalue weighted by atomic mass is 10.1. The molecule has 18 heavy (non-hydrogen) atoms. The van der Waals surface area contributed by atoms with E-state index in [0.29, 0.717) is 12.1 Å². The van der Waals surface area contributed by atoms with E-state index in [1.807, 2.05) is 6.20 Å². The molecule has 1 fully saturated rings. The van der Waals surface area contributed by atoms with Crippen LogP contribution in [0.25, 0.3) is 0 Å². The van der Waals surface area contributed by atoms with E-state index in [9.17, 15) is 0 Å². The first-order chi connectivity index (χ1) is 8.70. The number of hydrogen-bond acceptors (Lipinski definition) is 3. The van der Waals surface area contributed by atoms with Crippen molar-refractivity contribution in [3.63, 3.8) is 0 Å². The summed E-state index contributed by atoms with van der Waals surface area (Å²) in [5, 5.41) is 3.42. The van der Waals surface area contributed by atoms with Crippen LogP contribution in [0.15, 0.2) is 18.3 Å². The molecule has 0 radical (unpaired) electrons. The van der Waals surface area contributed by atoms with Gasteiger partial charge in [0, 0.05) is 31.4 Å². The summed E-state index contributed by atoms with van der Waals surface area (Å²) in [7, 11) is 0. The molecule has 1 aromatic rings. The van der Waals surface area contributed by atoms with Crippen molar-refractivity contribution in [3.8, 4) is 0 Å². The third kappa shape index (κ3) is 3.22. The van der Waals surface area contributed by atoms with Crippen molar-refractivity contribution in [1.29, 1.82) is 0 Å². The molecular formula is C15H25N3. The first-order valence-corrected chi connectivity index (χ1v) is 7.15. The fourth-order valence-electron chi connectivity index (χ4n) is 2.57. The molecule has 1 aliphatic heterocycles. The van der Waals surface area contributed by atoms with Crippen LogP contribution in [-0.2, 0) is 6.54 Å². The van der Waals surface area contributed by atoms with E-state index in [1.54, 1.807) is 0 Å². The Hall–Kier alpha value is -1.09. The van der Waals surface area contributed by atoms with Gasteiger partial charge in [-0.25, -0.2) is 4.98 Å². The van der Waals surface area contributed by atoms with Crippen molar-refractivity contribution >= 4 is 5.82 Å². The second-order valence-corrected chi connectivity index (χ2v) is 5.46. The Bertz CT molecular complexity index is 359. The van der Waals surface area contributed by atoms with Crippen LogP contribution in [0.1, 0.15) is 45.6 Å². The summed E-state index contributed by atoms with van der Waals surface area (Å²) >= 11 is 0. The molecule has 3 heteroatoms. The Kier molecular flexibility index (Phi) is 4.59. The minimum Gasteiger partial charge on any atom is -0.354 e. The van der Waals surface area contributed by atoms with Gasteiger partial charge in [0.05, 0.1) is 0 Å². The molecule has 1 unspecified atom stereocenters. The molecule has 1 N–H and O–H groups in total. The van der Waals surface area contributed by atoms with Gasteiger partial charge in [-0.1, -0.05) is 26.8 Å². The van der Waals surface area contributed by atoms with Crippen molar-refractivity contribution in [2.45, 2.75) is 58.7 Å². The molecule has 100 valence electrons. The fourth-order valence-corrected chi connectivity index (χ4v) is 2.57. The third-order valence-electron chi connectivity index (χ3n) is 3.67. The lowest BCUT2D eigenvalue weighted by molar-refractivity contribution is 0.587. The van der Waals surface area contributed by atoms with E-state index in [1.165, 1.54) is 24.8 Å². The molecule has 2 rings (SSSR count). The van der Waals surface area contributed by atoms with Crippen molar-refractivity contribution in [3.05, 3.63) is 23.9 Å². The summed E-state index contributed by atoms with van der Waals surface area (Å²) in [6, 6.07) is 5.58. The maximum Gasteiger partial charge on any atom is 0.128 e. The number of anilines is 1. The van der Waals surface area contributed by atoms with Gasteiger partial charge in [-0.05, 0) is 30.9 Å². The summed E-state index contributed by atoms with van der Waals surface area (Å²) < 4.78 is 0. The second-order valence-electron chi connectivity index (χ2n) is 5.46. The van der Waals surface area contributed by atoms with Gasteiger partial charge >= 0.3 is 0 Å². The molecule has 0 saturated carbocycles. The molecule has 0 aliphatic carbocycles. The van der Waals surface area contributed by atoms with Crippen LogP contribution in [0.2, 0.25) is 0 Å². The molecule has 0 aromatic carbocycles. The van der Waals surface area contributed by atoms with E-state index in [-0.39, 0.29) is 0 Å². The van der Waals surface area contributed by atoms with Gasteiger partial charge < -0.3 is 10.2 Å². The second kappa shape index (κ2) is 6.19. The van der Waals surface area contributed by atoms with Crippen LogP contribution in [0, 0.1) is 0 Å². The summed E-state index contributed by atoms with van der Waals surface area (Å²) in [4.78, 5) is 7.08. The highest BCUT2D eigenvalue weighted by Gasteiger charge is 2.23. The van der Waals surface area contributed by atoms with Crippen LogP contribution in [0.3, 0.4) is 0 Å². The molecule has 2 heterocycles. The molecular weight excluding hydrogens is 222 g/mol. The monoisotopic (exact) mass is 247 g/mol. The zero-order valence-electron chi connectivity index (χ0n) is 11.8. The van der Waals surface area contributed by atoms with E-state index in [2.05, 4.69) is 48.1 Å². The topological polar surface area (TPSA) is 28.2 Å². The highest BCUT2D eigenvalue weighted by atomic mass is 15.2. The average molecular weight is 247 g/mol. The molecule has 3 nitrogen and oxygen atoms in total. The minimum absolute atomic E-state index is 0.521. The lowest BCUT2D eigenvalue weighted by Crippen LogP contribution is -2.29. The van der Waals surface area contributed by atoms with Crippen molar-refractivity contribution in [2.75, 3.05) is 11.4 Å². The Morgan fingerprint density at radius 1 is 1.44 bits per heavy atom. The highest BCUT2D eigenvalue weighted by Crippen LogP contribution is 2.25. The van der Waals surface area contributed by atoms with Crippen LogP contribution in [-0.4, -0.2) is 23.6 Å². The van der Waals surface area contributed by atoms with Gasteiger partial charge in [0.2, 0.25) is 0 Å². The average Bonchev–Trinajstić information content (AvgIpc) is 2.85. The van der Waals surface area contributed by atoms with Crippen molar-refractivity contribution < 1.29 is 0 Å². The van der Waals surface area contributed by atoms with Gasteiger partial charge in [-0.2, -0.15) is 0 Å². The fraction of sp³-hybridized carbons (Fsp3) is 0.667. The molecule has 1 atom stereocenters. The number of hydrogen-bond donors (Lipinski definition) is 1. The third-order valence-corrected chi connectivity index (χ3v) is 3.67. The van der Waals surface area contributed by atoms with Crippen LogP contribution >= 0.6 is 0 Å². The molecule has 1 saturated heterocycles. The van der Waals surface area contributed by atoms with Gasteiger partial charge in [0.25, 0.3) is 0 Å². The largest absolute Gasteiger partial charge is 0.354 e. The highest BCUT2D eigenvalue weighted by molar-refractivity contribution is 5.41. The van der Waals surface area contributed by atoms with E-state index < -0.39 is 0 Å². The van der Waals surface area contributed by atoms with Crippen LogP contribution < -0.4 is 10.2 Å². The zero-order valence-corrected chi connectivity index (χ0v) is 11.8. The molecule has 0 bridgehead atoms. The van der Waals surface area contributed by atoms with Crippen LogP contribution in [0.5, 0.6) is 0 Å². The summed E-state index contributed by atoms with van der Waals surface area (Å²) in [6.07, 6.45) is 5.85. The van der Waals surface area contributed by atoms with E-state index >= 15 is 0 Å².